The topological polar surface area (TPSA) is 83.3 Å². The summed E-state index contributed by atoms with van der Waals surface area (Å²) in [6, 6.07) is 5.12. The second-order valence-corrected chi connectivity index (χ2v) is 4.87. The van der Waals surface area contributed by atoms with Gasteiger partial charge in [-0.25, -0.2) is 14.8 Å². The number of aliphatic hydroxyl groups excluding tert-OH is 1. The van der Waals surface area contributed by atoms with Crippen LogP contribution in [-0.4, -0.2) is 26.2 Å². The molecule has 0 fully saturated rings. The van der Waals surface area contributed by atoms with Crippen LogP contribution in [-0.2, 0) is 0 Å². The molecule has 2 rings (SSSR count). The van der Waals surface area contributed by atoms with E-state index in [9.17, 15) is 9.90 Å². The molecule has 0 aliphatic heterocycles. The maximum atomic E-state index is 10.7. The van der Waals surface area contributed by atoms with E-state index in [1.54, 1.807) is 18.2 Å². The fourth-order valence-corrected chi connectivity index (χ4v) is 2.36. The number of nitrogens with zero attached hydrogens (tertiary/aromatic N) is 2. The summed E-state index contributed by atoms with van der Waals surface area (Å²) in [4.78, 5) is 18.6. The molecule has 0 aliphatic carbocycles. The number of hydrogen-bond donors (Lipinski definition) is 2. The lowest BCUT2D eigenvalue weighted by molar-refractivity contribution is 0.0691. The van der Waals surface area contributed by atoms with E-state index in [1.165, 1.54) is 5.38 Å². The van der Waals surface area contributed by atoms with Gasteiger partial charge in [0.25, 0.3) is 0 Å². The molecule has 17 heavy (non-hydrogen) atoms. The van der Waals surface area contributed by atoms with Crippen LogP contribution < -0.4 is 0 Å². The number of pyridine rings is 1. The van der Waals surface area contributed by atoms with Crippen LogP contribution in [0.4, 0.5) is 0 Å². The lowest BCUT2D eigenvalue weighted by Gasteiger charge is -2.06. The summed E-state index contributed by atoms with van der Waals surface area (Å²) < 4.78 is 0.601. The Bertz CT molecular complexity index is 558. The molecule has 0 aliphatic rings. The molecule has 7 heteroatoms. The molecule has 2 aromatic rings. The van der Waals surface area contributed by atoms with Crippen molar-refractivity contribution in [2.45, 2.75) is 6.10 Å². The quantitative estimate of drug-likeness (QED) is 0.847. The van der Waals surface area contributed by atoms with E-state index in [2.05, 4.69) is 25.9 Å². The van der Waals surface area contributed by atoms with Crippen molar-refractivity contribution >= 4 is 33.2 Å². The Labute approximate surface area is 109 Å². The van der Waals surface area contributed by atoms with Crippen LogP contribution in [0, 0.1) is 0 Å². The Morgan fingerprint density at radius 1 is 1.41 bits per heavy atom. The first-order valence-electron chi connectivity index (χ1n) is 4.57. The van der Waals surface area contributed by atoms with Gasteiger partial charge in [0.1, 0.15) is 15.7 Å². The van der Waals surface area contributed by atoms with E-state index >= 15 is 0 Å². The molecule has 1 unspecified atom stereocenters. The largest absolute Gasteiger partial charge is 0.476 e. The maximum Gasteiger partial charge on any atom is 0.355 e. The Hall–Kier alpha value is -1.31. The summed E-state index contributed by atoms with van der Waals surface area (Å²) in [5, 5.41) is 20.4. The van der Waals surface area contributed by atoms with Crippen LogP contribution in [0.25, 0.3) is 0 Å². The smallest absolute Gasteiger partial charge is 0.355 e. The van der Waals surface area contributed by atoms with Crippen molar-refractivity contribution in [3.05, 3.63) is 44.6 Å². The van der Waals surface area contributed by atoms with Gasteiger partial charge in [0.05, 0.1) is 5.69 Å². The zero-order valence-electron chi connectivity index (χ0n) is 8.37. The van der Waals surface area contributed by atoms with Gasteiger partial charge in [0, 0.05) is 5.38 Å². The first kappa shape index (κ1) is 12.2. The number of hydrogen-bond acceptors (Lipinski definition) is 5. The summed E-state index contributed by atoms with van der Waals surface area (Å²) in [5.41, 5.74) is 0.352. The lowest BCUT2D eigenvalue weighted by Crippen LogP contribution is -2.03. The average molecular weight is 315 g/mol. The highest BCUT2D eigenvalue weighted by Crippen LogP contribution is 2.24. The summed E-state index contributed by atoms with van der Waals surface area (Å²) in [7, 11) is 0. The molecule has 0 radical (unpaired) electrons. The Morgan fingerprint density at radius 3 is 2.76 bits per heavy atom. The minimum atomic E-state index is -1.11. The van der Waals surface area contributed by atoms with Gasteiger partial charge in [-0.2, -0.15) is 0 Å². The van der Waals surface area contributed by atoms with E-state index in [0.717, 1.165) is 11.3 Å². The molecule has 0 saturated heterocycles. The molecule has 2 aromatic heterocycles. The Balaban J connectivity index is 2.30. The normalized spacial score (nSPS) is 12.4. The SMILES string of the molecule is O=C(O)c1csc(C(O)c2cccc(Br)n2)n1. The predicted molar refractivity (Wildman–Crippen MR) is 65.1 cm³/mol. The molecule has 1 atom stereocenters. The number of halogens is 1. The summed E-state index contributed by atoms with van der Waals surface area (Å²) >= 11 is 4.29. The van der Waals surface area contributed by atoms with Crippen molar-refractivity contribution in [3.8, 4) is 0 Å². The van der Waals surface area contributed by atoms with E-state index in [-0.39, 0.29) is 5.69 Å². The van der Waals surface area contributed by atoms with E-state index in [0.29, 0.717) is 15.3 Å². The van der Waals surface area contributed by atoms with E-state index in [4.69, 9.17) is 5.11 Å². The van der Waals surface area contributed by atoms with Crippen LogP contribution in [0.5, 0.6) is 0 Å². The van der Waals surface area contributed by atoms with E-state index in [1.807, 2.05) is 0 Å². The van der Waals surface area contributed by atoms with Gasteiger partial charge in [0.15, 0.2) is 5.69 Å². The second kappa shape index (κ2) is 4.91. The van der Waals surface area contributed by atoms with Gasteiger partial charge < -0.3 is 10.2 Å². The molecule has 5 nitrogen and oxygen atoms in total. The van der Waals surface area contributed by atoms with Gasteiger partial charge in [-0.1, -0.05) is 6.07 Å². The van der Waals surface area contributed by atoms with Crippen molar-refractivity contribution in [1.29, 1.82) is 0 Å². The van der Waals surface area contributed by atoms with Crippen molar-refractivity contribution in [2.24, 2.45) is 0 Å². The number of aromatic nitrogens is 2. The molecule has 0 saturated carbocycles. The van der Waals surface area contributed by atoms with Gasteiger partial charge in [0.2, 0.25) is 0 Å². The standard InChI is InChI=1S/C10H7BrN2O3S/c11-7-3-1-2-5(12-7)8(14)9-13-6(4-17-9)10(15)16/h1-4,8,14H,(H,15,16). The summed E-state index contributed by atoms with van der Waals surface area (Å²) in [6.45, 7) is 0. The number of aromatic carboxylic acids is 1. The first-order chi connectivity index (χ1) is 8.08. The number of thiazole rings is 1. The third kappa shape index (κ3) is 2.68. The first-order valence-corrected chi connectivity index (χ1v) is 6.24. The van der Waals surface area contributed by atoms with Crippen molar-refractivity contribution in [3.63, 3.8) is 0 Å². The molecule has 2 heterocycles. The lowest BCUT2D eigenvalue weighted by atomic mass is 10.2. The highest BCUT2D eigenvalue weighted by Gasteiger charge is 2.18. The number of aliphatic hydroxyl groups is 1. The second-order valence-electron chi connectivity index (χ2n) is 3.16. The van der Waals surface area contributed by atoms with Crippen LogP contribution >= 0.6 is 27.3 Å². The molecule has 0 aromatic carbocycles. The number of carboxylic acids is 1. The monoisotopic (exact) mass is 314 g/mol. The van der Waals surface area contributed by atoms with Crippen molar-refractivity contribution < 1.29 is 15.0 Å². The van der Waals surface area contributed by atoms with Crippen LogP contribution in [0.2, 0.25) is 0 Å². The Morgan fingerprint density at radius 2 is 2.18 bits per heavy atom. The summed E-state index contributed by atoms with van der Waals surface area (Å²) in [6.07, 6.45) is -1.01. The van der Waals surface area contributed by atoms with Gasteiger partial charge in [-0.3, -0.25) is 0 Å². The molecule has 0 spiro atoms. The van der Waals surface area contributed by atoms with Gasteiger partial charge in [-0.15, -0.1) is 11.3 Å². The van der Waals surface area contributed by atoms with Gasteiger partial charge >= 0.3 is 5.97 Å². The minimum Gasteiger partial charge on any atom is -0.476 e. The molecule has 88 valence electrons. The fourth-order valence-electron chi connectivity index (χ4n) is 1.21. The van der Waals surface area contributed by atoms with Crippen LogP contribution in [0.3, 0.4) is 0 Å². The molecular weight excluding hydrogens is 308 g/mol. The molecule has 0 amide bonds. The zero-order valence-corrected chi connectivity index (χ0v) is 10.8. The van der Waals surface area contributed by atoms with Crippen LogP contribution in [0.15, 0.2) is 28.2 Å². The van der Waals surface area contributed by atoms with E-state index < -0.39 is 12.1 Å². The predicted octanol–water partition coefficient (Wildman–Crippen LogP) is 2.08. The zero-order chi connectivity index (χ0) is 12.4. The van der Waals surface area contributed by atoms with Crippen molar-refractivity contribution in [2.75, 3.05) is 0 Å². The number of carbonyl (C=O) groups is 1. The molecule has 2 N–H and O–H groups in total. The van der Waals surface area contributed by atoms with Crippen molar-refractivity contribution in [1.82, 2.24) is 9.97 Å². The maximum absolute atomic E-state index is 10.7. The number of rotatable bonds is 3. The average Bonchev–Trinajstić information content (AvgIpc) is 2.77. The Kier molecular flexibility index (Phi) is 3.51. The third-order valence-electron chi connectivity index (χ3n) is 1.99. The highest BCUT2D eigenvalue weighted by atomic mass is 79.9. The highest BCUT2D eigenvalue weighted by molar-refractivity contribution is 9.10. The number of carboxylic acid groups (broad SMARTS) is 1. The minimum absolute atomic E-state index is 0.0703. The van der Waals surface area contributed by atoms with Crippen LogP contribution in [0.1, 0.15) is 27.3 Å². The third-order valence-corrected chi connectivity index (χ3v) is 3.33. The summed E-state index contributed by atoms with van der Waals surface area (Å²) in [5.74, 6) is -1.11. The molecule has 0 bridgehead atoms. The molecular formula is C10H7BrN2O3S. The van der Waals surface area contributed by atoms with Gasteiger partial charge in [-0.05, 0) is 28.1 Å². The fraction of sp³-hybridized carbons (Fsp3) is 0.100.